The first-order chi connectivity index (χ1) is 7.95. The number of fused-ring (bicyclic) bond motifs is 2. The van der Waals surface area contributed by atoms with Crippen molar-refractivity contribution in [2.24, 2.45) is 0 Å². The molecule has 0 bridgehead atoms. The summed E-state index contributed by atoms with van der Waals surface area (Å²) < 4.78 is 0. The first-order valence-electron chi connectivity index (χ1n) is 5.55. The number of anilines is 2. The van der Waals surface area contributed by atoms with Crippen LogP contribution in [0.15, 0.2) is 12.1 Å². The molecule has 1 amide bonds. The Balaban J connectivity index is 2.29. The van der Waals surface area contributed by atoms with Crippen molar-refractivity contribution < 1.29 is 4.79 Å². The molecule has 2 heterocycles. The second-order valence-corrected chi connectivity index (χ2v) is 5.15. The zero-order valence-corrected chi connectivity index (χ0v) is 9.79. The first-order valence-corrected chi connectivity index (χ1v) is 5.55. The third-order valence-electron chi connectivity index (χ3n) is 3.25. The molecule has 0 unspecified atom stereocenters. The minimum absolute atomic E-state index is 0.0466. The van der Waals surface area contributed by atoms with Gasteiger partial charge in [-0.2, -0.15) is 0 Å². The van der Waals surface area contributed by atoms with Crippen molar-refractivity contribution in [3.8, 4) is 0 Å². The molecular formula is C12H14N4O. The molecule has 1 aliphatic rings. The van der Waals surface area contributed by atoms with Crippen molar-refractivity contribution in [1.82, 2.24) is 9.97 Å². The van der Waals surface area contributed by atoms with Crippen LogP contribution in [0.1, 0.15) is 25.8 Å². The maximum Gasteiger partial charge on any atom is 0.225 e. The molecule has 0 atom stereocenters. The standard InChI is InChI=1S/C12H14N4O/c1-12(2)5-10(17)14-7-4-9-8(3-6(7)12)15-11(13)16-9/h3-4H,5H2,1-2H3,(H,14,17)(H3,13,15,16). The molecule has 1 aliphatic heterocycles. The van der Waals surface area contributed by atoms with E-state index in [1.54, 1.807) is 0 Å². The fourth-order valence-corrected chi connectivity index (χ4v) is 2.43. The maximum atomic E-state index is 11.6. The van der Waals surface area contributed by atoms with Gasteiger partial charge in [0.25, 0.3) is 0 Å². The van der Waals surface area contributed by atoms with E-state index >= 15 is 0 Å². The van der Waals surface area contributed by atoms with E-state index in [0.717, 1.165) is 22.3 Å². The van der Waals surface area contributed by atoms with Crippen LogP contribution in [0.5, 0.6) is 0 Å². The molecule has 0 fully saturated rings. The summed E-state index contributed by atoms with van der Waals surface area (Å²) in [5, 5.41) is 2.88. The van der Waals surface area contributed by atoms with Gasteiger partial charge in [0, 0.05) is 17.5 Å². The summed E-state index contributed by atoms with van der Waals surface area (Å²) in [7, 11) is 0. The summed E-state index contributed by atoms with van der Waals surface area (Å²) >= 11 is 0. The summed E-state index contributed by atoms with van der Waals surface area (Å²) in [4.78, 5) is 18.8. The molecule has 1 aromatic carbocycles. The van der Waals surface area contributed by atoms with Crippen molar-refractivity contribution >= 4 is 28.6 Å². The quantitative estimate of drug-likeness (QED) is 0.644. The molecule has 5 heteroatoms. The van der Waals surface area contributed by atoms with E-state index in [9.17, 15) is 4.79 Å². The predicted molar refractivity (Wildman–Crippen MR) is 66.8 cm³/mol. The van der Waals surface area contributed by atoms with Crippen molar-refractivity contribution in [2.45, 2.75) is 25.7 Å². The SMILES string of the molecule is CC1(C)CC(=O)Nc2cc3nc(N)[nH]c3cc21. The number of nitrogens with one attached hydrogen (secondary N) is 2. The van der Waals surface area contributed by atoms with Gasteiger partial charge in [0.05, 0.1) is 11.0 Å². The number of benzene rings is 1. The zero-order valence-electron chi connectivity index (χ0n) is 9.79. The number of carbonyl (C=O) groups excluding carboxylic acids is 1. The van der Waals surface area contributed by atoms with Crippen LogP contribution in [0.3, 0.4) is 0 Å². The lowest BCUT2D eigenvalue weighted by molar-refractivity contribution is -0.117. The van der Waals surface area contributed by atoms with Crippen LogP contribution in [0.4, 0.5) is 11.6 Å². The van der Waals surface area contributed by atoms with Crippen molar-refractivity contribution in [1.29, 1.82) is 0 Å². The van der Waals surface area contributed by atoms with E-state index in [4.69, 9.17) is 5.73 Å². The van der Waals surface area contributed by atoms with E-state index in [1.807, 2.05) is 12.1 Å². The second-order valence-electron chi connectivity index (χ2n) is 5.15. The lowest BCUT2D eigenvalue weighted by Gasteiger charge is -2.31. The molecule has 1 aromatic heterocycles. The smallest absolute Gasteiger partial charge is 0.225 e. The number of H-pyrrole nitrogens is 1. The normalized spacial score (nSPS) is 17.9. The molecular weight excluding hydrogens is 216 g/mol. The Hall–Kier alpha value is -2.04. The van der Waals surface area contributed by atoms with Gasteiger partial charge in [-0.1, -0.05) is 13.8 Å². The molecule has 0 aliphatic carbocycles. The van der Waals surface area contributed by atoms with E-state index in [2.05, 4.69) is 29.1 Å². The maximum absolute atomic E-state index is 11.6. The number of aromatic nitrogens is 2. The molecule has 0 saturated heterocycles. The molecule has 88 valence electrons. The van der Waals surface area contributed by atoms with Gasteiger partial charge in [-0.3, -0.25) is 4.79 Å². The van der Waals surface area contributed by atoms with Crippen LogP contribution in [0, 0.1) is 0 Å². The minimum Gasteiger partial charge on any atom is -0.369 e. The number of carbonyl (C=O) groups is 1. The van der Waals surface area contributed by atoms with E-state index in [0.29, 0.717) is 12.4 Å². The highest BCUT2D eigenvalue weighted by molar-refractivity contribution is 5.98. The van der Waals surface area contributed by atoms with E-state index in [1.165, 1.54) is 0 Å². The Morgan fingerprint density at radius 3 is 2.94 bits per heavy atom. The third-order valence-corrected chi connectivity index (χ3v) is 3.25. The summed E-state index contributed by atoms with van der Waals surface area (Å²) in [5.41, 5.74) is 9.11. The van der Waals surface area contributed by atoms with Gasteiger partial charge >= 0.3 is 0 Å². The summed E-state index contributed by atoms with van der Waals surface area (Å²) in [5.74, 6) is 0.442. The van der Waals surface area contributed by atoms with Crippen LogP contribution in [0.2, 0.25) is 0 Å². The zero-order chi connectivity index (χ0) is 12.2. The number of hydrogen-bond donors (Lipinski definition) is 3. The fraction of sp³-hybridized carbons (Fsp3) is 0.333. The Kier molecular flexibility index (Phi) is 1.79. The molecule has 2 aromatic rings. The van der Waals surface area contributed by atoms with Crippen LogP contribution in [-0.4, -0.2) is 15.9 Å². The molecule has 0 spiro atoms. The van der Waals surface area contributed by atoms with Crippen molar-refractivity contribution in [2.75, 3.05) is 11.1 Å². The summed E-state index contributed by atoms with van der Waals surface area (Å²) in [6.45, 7) is 4.13. The largest absolute Gasteiger partial charge is 0.369 e. The Bertz CT molecular complexity index is 627. The van der Waals surface area contributed by atoms with E-state index in [-0.39, 0.29) is 11.3 Å². The molecule has 0 saturated carbocycles. The molecule has 3 rings (SSSR count). The molecule has 17 heavy (non-hydrogen) atoms. The number of aromatic amines is 1. The topological polar surface area (TPSA) is 83.8 Å². The Labute approximate surface area is 98.4 Å². The van der Waals surface area contributed by atoms with Gasteiger partial charge in [-0.25, -0.2) is 4.98 Å². The van der Waals surface area contributed by atoms with Crippen LogP contribution in [0.25, 0.3) is 11.0 Å². The monoisotopic (exact) mass is 230 g/mol. The third kappa shape index (κ3) is 1.46. The highest BCUT2D eigenvalue weighted by Gasteiger charge is 2.32. The number of amides is 1. The van der Waals surface area contributed by atoms with Gasteiger partial charge in [-0.05, 0) is 17.7 Å². The molecule has 4 N–H and O–H groups in total. The van der Waals surface area contributed by atoms with Crippen LogP contribution >= 0.6 is 0 Å². The van der Waals surface area contributed by atoms with Crippen LogP contribution in [-0.2, 0) is 10.2 Å². The first kappa shape index (κ1) is 10.1. The number of imidazole rings is 1. The van der Waals surface area contributed by atoms with E-state index < -0.39 is 0 Å². The van der Waals surface area contributed by atoms with Gasteiger partial charge in [0.1, 0.15) is 0 Å². The average Bonchev–Trinajstić information content (AvgIpc) is 2.53. The Morgan fingerprint density at radius 2 is 2.18 bits per heavy atom. The van der Waals surface area contributed by atoms with Crippen molar-refractivity contribution in [3.05, 3.63) is 17.7 Å². The number of hydrogen-bond acceptors (Lipinski definition) is 3. The predicted octanol–water partition coefficient (Wildman–Crippen LogP) is 1.76. The van der Waals surface area contributed by atoms with Gasteiger partial charge < -0.3 is 16.0 Å². The number of nitrogens with zero attached hydrogens (tertiary/aromatic N) is 1. The summed E-state index contributed by atoms with van der Waals surface area (Å²) in [6, 6.07) is 3.89. The number of nitrogens with two attached hydrogens (primary N) is 1. The number of rotatable bonds is 0. The fourth-order valence-electron chi connectivity index (χ4n) is 2.43. The lowest BCUT2D eigenvalue weighted by atomic mass is 9.78. The number of nitrogen functional groups attached to an aromatic ring is 1. The Morgan fingerprint density at radius 1 is 1.41 bits per heavy atom. The molecule has 5 nitrogen and oxygen atoms in total. The minimum atomic E-state index is -0.161. The van der Waals surface area contributed by atoms with Crippen molar-refractivity contribution in [3.63, 3.8) is 0 Å². The lowest BCUT2D eigenvalue weighted by Crippen LogP contribution is -2.32. The highest BCUT2D eigenvalue weighted by Crippen LogP contribution is 2.38. The van der Waals surface area contributed by atoms with Gasteiger partial charge in [0.2, 0.25) is 5.91 Å². The molecule has 0 radical (unpaired) electrons. The second kappa shape index (κ2) is 3.00. The van der Waals surface area contributed by atoms with Crippen LogP contribution < -0.4 is 11.1 Å². The summed E-state index contributed by atoms with van der Waals surface area (Å²) in [6.07, 6.45) is 0.495. The highest BCUT2D eigenvalue weighted by atomic mass is 16.1. The van der Waals surface area contributed by atoms with Gasteiger partial charge in [-0.15, -0.1) is 0 Å². The van der Waals surface area contributed by atoms with Gasteiger partial charge in [0.15, 0.2) is 5.95 Å². The average molecular weight is 230 g/mol.